The summed E-state index contributed by atoms with van der Waals surface area (Å²) in [6, 6.07) is 3.34. The van der Waals surface area contributed by atoms with Gasteiger partial charge in [0, 0.05) is 13.0 Å². The summed E-state index contributed by atoms with van der Waals surface area (Å²) in [6.45, 7) is 2.69. The lowest BCUT2D eigenvalue weighted by Gasteiger charge is -2.00. The number of hydrogen-bond donors (Lipinski definition) is 2. The second-order valence-corrected chi connectivity index (χ2v) is 4.97. The second-order valence-electron chi connectivity index (χ2n) is 3.97. The molecule has 2 rings (SSSR count). The van der Waals surface area contributed by atoms with Crippen LogP contribution in [0.1, 0.15) is 23.0 Å². The lowest BCUT2D eigenvalue weighted by molar-refractivity contribution is 0.0900. The van der Waals surface area contributed by atoms with Crippen LogP contribution in [0.15, 0.2) is 22.8 Å². The van der Waals surface area contributed by atoms with E-state index in [0.29, 0.717) is 29.5 Å². The van der Waals surface area contributed by atoms with Crippen molar-refractivity contribution in [2.24, 2.45) is 0 Å². The Morgan fingerprint density at radius 3 is 2.95 bits per heavy atom. The molecule has 7 nitrogen and oxygen atoms in total. The molecule has 1 amide bonds. The molecule has 2 heterocycles. The van der Waals surface area contributed by atoms with Gasteiger partial charge in [-0.05, 0) is 19.1 Å². The van der Waals surface area contributed by atoms with Crippen molar-refractivity contribution in [3.8, 4) is 11.5 Å². The van der Waals surface area contributed by atoms with Crippen LogP contribution in [0.2, 0.25) is 0 Å². The topological polar surface area (TPSA) is 102 Å². The fourth-order valence-corrected chi connectivity index (χ4v) is 2.58. The molecule has 2 N–H and O–H groups in total. The zero-order chi connectivity index (χ0) is 15.2. The number of nitrogens with zero attached hydrogens (tertiary/aromatic N) is 1. The summed E-state index contributed by atoms with van der Waals surface area (Å²) in [6.07, 6.45) is 0.437. The van der Waals surface area contributed by atoms with Crippen LogP contribution in [-0.2, 0) is 4.74 Å². The number of aromatic nitrogens is 1. The molecule has 0 unspecified atom stereocenters. The zero-order valence-electron chi connectivity index (χ0n) is 11.3. The minimum atomic E-state index is -1.23. The Labute approximate surface area is 124 Å². The number of amides is 1. The summed E-state index contributed by atoms with van der Waals surface area (Å²) >= 11 is 0.984. The highest BCUT2D eigenvalue weighted by Crippen LogP contribution is 2.32. The minimum Gasteiger partial charge on any atom is -0.465 e. The summed E-state index contributed by atoms with van der Waals surface area (Å²) < 4.78 is 10.4. The predicted octanol–water partition coefficient (Wildman–Crippen LogP) is 3.10. The Balaban J connectivity index is 2.26. The molecule has 8 heteroatoms. The molecule has 2 aromatic rings. The van der Waals surface area contributed by atoms with Crippen LogP contribution in [0.25, 0.3) is 11.5 Å². The van der Waals surface area contributed by atoms with Crippen LogP contribution in [0.5, 0.6) is 0 Å². The van der Waals surface area contributed by atoms with Crippen LogP contribution in [0, 0.1) is 0 Å². The fraction of sp³-hybridized carbons (Fsp3) is 0.308. The molecule has 112 valence electrons. The summed E-state index contributed by atoms with van der Waals surface area (Å²) in [5, 5.41) is 11.0. The number of anilines is 1. The van der Waals surface area contributed by atoms with Crippen LogP contribution < -0.4 is 5.32 Å². The predicted molar refractivity (Wildman–Crippen MR) is 76.9 cm³/mol. The van der Waals surface area contributed by atoms with E-state index in [1.807, 2.05) is 6.92 Å². The van der Waals surface area contributed by atoms with Gasteiger partial charge >= 0.3 is 6.09 Å². The molecule has 0 spiro atoms. The number of carbonyl (C=O) groups is 2. The van der Waals surface area contributed by atoms with Gasteiger partial charge < -0.3 is 14.3 Å². The average Bonchev–Trinajstić information content (AvgIpc) is 3.06. The highest BCUT2D eigenvalue weighted by atomic mass is 32.1. The Morgan fingerprint density at radius 2 is 2.33 bits per heavy atom. The van der Waals surface area contributed by atoms with E-state index in [1.165, 1.54) is 6.26 Å². The van der Waals surface area contributed by atoms with E-state index < -0.39 is 6.09 Å². The Bertz CT molecular complexity index is 621. The first kappa shape index (κ1) is 15.2. The molecule has 0 radical (unpaired) electrons. The maximum absolute atomic E-state index is 12.2. The SMILES string of the molecule is CCOCCC(=O)c1sc(NC(=O)O)nc1-c1ccco1. The van der Waals surface area contributed by atoms with Crippen LogP contribution >= 0.6 is 11.3 Å². The van der Waals surface area contributed by atoms with Crippen molar-refractivity contribution in [3.05, 3.63) is 23.3 Å². The zero-order valence-corrected chi connectivity index (χ0v) is 12.1. The normalized spacial score (nSPS) is 10.5. The third kappa shape index (κ3) is 3.89. The highest BCUT2D eigenvalue weighted by Gasteiger charge is 2.21. The number of carbonyl (C=O) groups excluding carboxylic acids is 1. The first-order valence-corrected chi connectivity index (χ1v) is 7.09. The molecule has 0 saturated carbocycles. The van der Waals surface area contributed by atoms with Gasteiger partial charge in [-0.3, -0.25) is 10.1 Å². The number of furan rings is 1. The summed E-state index contributed by atoms with van der Waals surface area (Å²) in [5.41, 5.74) is 0.343. The molecule has 21 heavy (non-hydrogen) atoms. The van der Waals surface area contributed by atoms with Gasteiger partial charge in [-0.15, -0.1) is 0 Å². The van der Waals surface area contributed by atoms with E-state index >= 15 is 0 Å². The van der Waals surface area contributed by atoms with E-state index in [9.17, 15) is 9.59 Å². The molecular weight excluding hydrogens is 296 g/mol. The fourth-order valence-electron chi connectivity index (χ4n) is 1.66. The van der Waals surface area contributed by atoms with Crippen molar-refractivity contribution < 1.29 is 23.8 Å². The molecule has 0 fully saturated rings. The first-order chi connectivity index (χ1) is 10.1. The molecular formula is C13H14N2O5S. The van der Waals surface area contributed by atoms with Gasteiger partial charge in [0.2, 0.25) is 0 Å². The van der Waals surface area contributed by atoms with Crippen LogP contribution in [-0.4, -0.2) is 35.2 Å². The number of rotatable bonds is 7. The van der Waals surface area contributed by atoms with Gasteiger partial charge in [0.25, 0.3) is 0 Å². The lowest BCUT2D eigenvalue weighted by atomic mass is 10.2. The van der Waals surface area contributed by atoms with E-state index in [4.69, 9.17) is 14.3 Å². The smallest absolute Gasteiger partial charge is 0.410 e. The van der Waals surface area contributed by atoms with E-state index in [-0.39, 0.29) is 17.3 Å². The van der Waals surface area contributed by atoms with Crippen molar-refractivity contribution in [3.63, 3.8) is 0 Å². The molecule has 0 atom stereocenters. The number of nitrogens with one attached hydrogen (secondary N) is 1. The molecule has 0 aliphatic rings. The molecule has 0 aromatic carbocycles. The quantitative estimate of drug-likeness (QED) is 0.602. The van der Waals surface area contributed by atoms with Crippen molar-refractivity contribution >= 4 is 28.3 Å². The number of hydrogen-bond acceptors (Lipinski definition) is 6. The average molecular weight is 310 g/mol. The van der Waals surface area contributed by atoms with Crippen molar-refractivity contribution in [1.82, 2.24) is 4.98 Å². The molecule has 0 saturated heterocycles. The van der Waals surface area contributed by atoms with Gasteiger partial charge in [0.1, 0.15) is 10.6 Å². The number of carboxylic acid groups (broad SMARTS) is 1. The molecule has 0 bridgehead atoms. The lowest BCUT2D eigenvalue weighted by Crippen LogP contribution is -2.06. The Kier molecular flexibility index (Phi) is 5.07. The highest BCUT2D eigenvalue weighted by molar-refractivity contribution is 7.18. The van der Waals surface area contributed by atoms with Crippen molar-refractivity contribution in [2.75, 3.05) is 18.5 Å². The number of Topliss-reactive ketones (excluding diaryl/α,β-unsaturated/α-hetero) is 1. The van der Waals surface area contributed by atoms with Gasteiger partial charge in [0.05, 0.1) is 12.9 Å². The summed E-state index contributed by atoms with van der Waals surface area (Å²) in [4.78, 5) is 27.4. The third-order valence-electron chi connectivity index (χ3n) is 2.53. The van der Waals surface area contributed by atoms with Gasteiger partial charge in [-0.25, -0.2) is 9.78 Å². The largest absolute Gasteiger partial charge is 0.465 e. The summed E-state index contributed by atoms with van der Waals surface area (Å²) in [7, 11) is 0. The molecule has 2 aromatic heterocycles. The van der Waals surface area contributed by atoms with E-state index in [0.717, 1.165) is 11.3 Å². The maximum Gasteiger partial charge on any atom is 0.410 e. The van der Waals surface area contributed by atoms with Gasteiger partial charge in [0.15, 0.2) is 16.7 Å². The number of ether oxygens (including phenoxy) is 1. The monoisotopic (exact) mass is 310 g/mol. The van der Waals surface area contributed by atoms with E-state index in [1.54, 1.807) is 12.1 Å². The Hall–Kier alpha value is -2.19. The Morgan fingerprint density at radius 1 is 1.52 bits per heavy atom. The van der Waals surface area contributed by atoms with Crippen molar-refractivity contribution in [2.45, 2.75) is 13.3 Å². The van der Waals surface area contributed by atoms with E-state index in [2.05, 4.69) is 10.3 Å². The van der Waals surface area contributed by atoms with Gasteiger partial charge in [-0.2, -0.15) is 0 Å². The number of ketones is 1. The third-order valence-corrected chi connectivity index (χ3v) is 3.54. The van der Waals surface area contributed by atoms with Crippen LogP contribution in [0.4, 0.5) is 9.93 Å². The molecule has 0 aliphatic heterocycles. The standard InChI is InChI=1S/C13H14N2O5S/c1-2-19-7-5-8(16)11-10(9-4-3-6-20-9)14-12(21-11)15-13(17)18/h3-4,6H,2,5,7H2,1H3,(H,14,15)(H,17,18). The van der Waals surface area contributed by atoms with Crippen molar-refractivity contribution in [1.29, 1.82) is 0 Å². The van der Waals surface area contributed by atoms with Crippen LogP contribution in [0.3, 0.4) is 0 Å². The van der Waals surface area contributed by atoms with Gasteiger partial charge in [-0.1, -0.05) is 11.3 Å². The minimum absolute atomic E-state index is 0.133. The first-order valence-electron chi connectivity index (χ1n) is 6.27. The summed E-state index contributed by atoms with van der Waals surface area (Å²) in [5.74, 6) is 0.259. The second kappa shape index (κ2) is 7.00. The maximum atomic E-state index is 12.2. The molecule has 0 aliphatic carbocycles. The number of thiazole rings is 1.